The summed E-state index contributed by atoms with van der Waals surface area (Å²) in [4.78, 5) is 38.3. The van der Waals surface area contributed by atoms with Gasteiger partial charge in [0.15, 0.2) is 0 Å². The number of rotatable bonds is 7. The Hall–Kier alpha value is -2.71. The van der Waals surface area contributed by atoms with Crippen LogP contribution in [0.25, 0.3) is 0 Å². The van der Waals surface area contributed by atoms with E-state index in [9.17, 15) is 19.5 Å². The Kier molecular flexibility index (Phi) is 9.82. The number of carbonyl (C=O) groups excluding carboxylic acids is 3. The van der Waals surface area contributed by atoms with Crippen LogP contribution in [0.3, 0.4) is 0 Å². The molecule has 1 N–H and O–H groups in total. The first-order valence-corrected chi connectivity index (χ1v) is 11.6. The molecule has 0 aromatic rings. The maximum Gasteiger partial charge on any atom is 0.336 e. The van der Waals surface area contributed by atoms with Gasteiger partial charge in [-0.15, -0.1) is 0 Å². The fourth-order valence-electron chi connectivity index (χ4n) is 3.88. The van der Waals surface area contributed by atoms with Crippen molar-refractivity contribution in [3.63, 3.8) is 0 Å². The second-order valence-corrected chi connectivity index (χ2v) is 8.82. The van der Waals surface area contributed by atoms with Gasteiger partial charge in [-0.1, -0.05) is 45.6 Å². The van der Waals surface area contributed by atoms with Crippen LogP contribution in [-0.2, 0) is 33.3 Å². The summed E-state index contributed by atoms with van der Waals surface area (Å²) in [5.41, 5.74) is 0.942. The average Bonchev–Trinajstić information content (AvgIpc) is 3.13. The largest absolute Gasteiger partial charge is 0.466 e. The van der Waals surface area contributed by atoms with Gasteiger partial charge in [0.05, 0.1) is 25.2 Å². The third kappa shape index (κ3) is 6.04. The molecule has 6 unspecified atom stereocenters. The number of esters is 3. The Labute approximate surface area is 201 Å². The van der Waals surface area contributed by atoms with E-state index in [0.717, 1.165) is 6.42 Å². The van der Waals surface area contributed by atoms with E-state index in [1.165, 1.54) is 7.11 Å². The highest BCUT2D eigenvalue weighted by molar-refractivity contribution is 5.93. The summed E-state index contributed by atoms with van der Waals surface area (Å²) in [6, 6.07) is 0. The number of hydrogen-bond acceptors (Lipinski definition) is 8. The van der Waals surface area contributed by atoms with Gasteiger partial charge in [0.1, 0.15) is 24.4 Å². The molecule has 0 spiro atoms. The molecule has 8 heteroatoms. The van der Waals surface area contributed by atoms with Gasteiger partial charge in [-0.05, 0) is 38.2 Å². The SMILES string of the molecule is C=C1CCC=C(C(=O)OC)C(OCC(C)CC)C(OC(=O)C(C)=CC)C2C(=C)C(=O)OC2C1O. The molecule has 1 heterocycles. The van der Waals surface area contributed by atoms with Crippen molar-refractivity contribution in [3.05, 3.63) is 47.6 Å². The highest BCUT2D eigenvalue weighted by Gasteiger charge is 2.53. The van der Waals surface area contributed by atoms with E-state index < -0.39 is 48.2 Å². The molecular formula is C26H36O8. The minimum absolute atomic E-state index is 0.0229. The minimum Gasteiger partial charge on any atom is -0.466 e. The second kappa shape index (κ2) is 12.1. The number of aliphatic hydroxyl groups is 1. The van der Waals surface area contributed by atoms with E-state index >= 15 is 0 Å². The number of fused-ring (bicyclic) bond motifs is 1. The van der Waals surface area contributed by atoms with Crippen molar-refractivity contribution < 1.29 is 38.4 Å². The number of hydrogen-bond donors (Lipinski definition) is 1. The van der Waals surface area contributed by atoms with Crippen LogP contribution in [0.1, 0.15) is 47.0 Å². The fraction of sp³-hybridized carbons (Fsp3) is 0.577. The first kappa shape index (κ1) is 27.5. The lowest BCUT2D eigenvalue weighted by atomic mass is 9.80. The highest BCUT2D eigenvalue weighted by Crippen LogP contribution is 2.39. The second-order valence-electron chi connectivity index (χ2n) is 8.82. The predicted octanol–water partition coefficient (Wildman–Crippen LogP) is 3.20. The number of aliphatic hydroxyl groups excluding tert-OH is 1. The van der Waals surface area contributed by atoms with Gasteiger partial charge in [-0.2, -0.15) is 0 Å². The van der Waals surface area contributed by atoms with Crippen LogP contribution >= 0.6 is 0 Å². The summed E-state index contributed by atoms with van der Waals surface area (Å²) in [6.45, 7) is 15.3. The molecular weight excluding hydrogens is 440 g/mol. The maximum atomic E-state index is 12.9. The van der Waals surface area contributed by atoms with Crippen LogP contribution in [0, 0.1) is 11.8 Å². The van der Waals surface area contributed by atoms with Crippen LogP contribution in [0.5, 0.6) is 0 Å². The van der Waals surface area contributed by atoms with Gasteiger partial charge in [0, 0.05) is 11.1 Å². The van der Waals surface area contributed by atoms with E-state index in [-0.39, 0.29) is 23.7 Å². The molecule has 188 valence electrons. The third-order valence-electron chi connectivity index (χ3n) is 6.46. The lowest BCUT2D eigenvalue weighted by Crippen LogP contribution is -2.49. The van der Waals surface area contributed by atoms with Crippen LogP contribution in [0.2, 0.25) is 0 Å². The van der Waals surface area contributed by atoms with Crippen molar-refractivity contribution in [1.82, 2.24) is 0 Å². The van der Waals surface area contributed by atoms with Crippen LogP contribution in [-0.4, -0.2) is 61.1 Å². The standard InChI is InChI=1S/C26H36O8/c1-8-14(3)13-32-21-18(26(30)31-7)12-10-11-16(5)20(27)22-19(17(6)25(29)33-22)23(21)34-24(28)15(4)9-2/h9,12,14,19-23,27H,5-6,8,10-11,13H2,1-4,7H3. The van der Waals surface area contributed by atoms with Crippen molar-refractivity contribution in [2.75, 3.05) is 13.7 Å². The van der Waals surface area contributed by atoms with Crippen molar-refractivity contribution in [2.45, 2.75) is 71.4 Å². The van der Waals surface area contributed by atoms with Crippen molar-refractivity contribution in [3.8, 4) is 0 Å². The lowest BCUT2D eigenvalue weighted by molar-refractivity contribution is -0.163. The van der Waals surface area contributed by atoms with Gasteiger partial charge in [-0.25, -0.2) is 14.4 Å². The van der Waals surface area contributed by atoms with E-state index in [0.29, 0.717) is 24.0 Å². The predicted molar refractivity (Wildman–Crippen MR) is 125 cm³/mol. The minimum atomic E-state index is -1.21. The van der Waals surface area contributed by atoms with Crippen molar-refractivity contribution in [2.24, 2.45) is 11.8 Å². The normalized spacial score (nSPS) is 29.0. The van der Waals surface area contributed by atoms with Crippen molar-refractivity contribution in [1.29, 1.82) is 0 Å². The third-order valence-corrected chi connectivity index (χ3v) is 6.46. The summed E-state index contributed by atoms with van der Waals surface area (Å²) in [5.74, 6) is -2.83. The van der Waals surface area contributed by atoms with E-state index in [2.05, 4.69) is 13.2 Å². The highest BCUT2D eigenvalue weighted by atomic mass is 16.6. The number of carbonyl (C=O) groups is 3. The molecule has 2 aliphatic rings. The van der Waals surface area contributed by atoms with Crippen molar-refractivity contribution >= 4 is 17.9 Å². The topological polar surface area (TPSA) is 108 Å². The molecule has 8 nitrogen and oxygen atoms in total. The zero-order chi connectivity index (χ0) is 25.6. The van der Waals surface area contributed by atoms with Gasteiger partial charge in [0.25, 0.3) is 0 Å². The molecule has 0 saturated carbocycles. The van der Waals surface area contributed by atoms with Gasteiger partial charge in [0.2, 0.25) is 0 Å². The fourth-order valence-corrected chi connectivity index (χ4v) is 3.88. The maximum absolute atomic E-state index is 12.9. The van der Waals surface area contributed by atoms with E-state index in [4.69, 9.17) is 18.9 Å². The van der Waals surface area contributed by atoms with E-state index in [1.807, 2.05) is 13.8 Å². The number of ether oxygens (including phenoxy) is 4. The van der Waals surface area contributed by atoms with E-state index in [1.54, 1.807) is 26.0 Å². The molecule has 34 heavy (non-hydrogen) atoms. The number of allylic oxidation sites excluding steroid dienone is 2. The monoisotopic (exact) mass is 476 g/mol. The molecule has 1 fully saturated rings. The molecule has 0 amide bonds. The molecule has 0 bridgehead atoms. The Balaban J connectivity index is 2.71. The number of methoxy groups -OCH3 is 1. The van der Waals surface area contributed by atoms with Gasteiger partial charge in [-0.3, -0.25) is 0 Å². The first-order chi connectivity index (χ1) is 16.1. The summed E-state index contributed by atoms with van der Waals surface area (Å²) in [5, 5.41) is 11.0. The smallest absolute Gasteiger partial charge is 0.336 e. The molecule has 0 aromatic heterocycles. The van der Waals surface area contributed by atoms with Crippen LogP contribution < -0.4 is 0 Å². The molecule has 1 aliphatic heterocycles. The Morgan fingerprint density at radius 2 is 2.03 bits per heavy atom. The molecule has 0 aromatic carbocycles. The zero-order valence-corrected chi connectivity index (χ0v) is 20.7. The molecule has 6 atom stereocenters. The molecule has 2 rings (SSSR count). The summed E-state index contributed by atoms with van der Waals surface area (Å²) in [7, 11) is 1.26. The Bertz CT molecular complexity index is 883. The quantitative estimate of drug-likeness (QED) is 0.258. The summed E-state index contributed by atoms with van der Waals surface area (Å²) < 4.78 is 22.6. The van der Waals surface area contributed by atoms with Gasteiger partial charge < -0.3 is 24.1 Å². The first-order valence-electron chi connectivity index (χ1n) is 11.6. The molecule has 1 saturated heterocycles. The molecule has 1 aliphatic carbocycles. The lowest BCUT2D eigenvalue weighted by Gasteiger charge is -2.36. The Morgan fingerprint density at radius 3 is 2.62 bits per heavy atom. The molecule has 0 radical (unpaired) electrons. The average molecular weight is 477 g/mol. The zero-order valence-electron chi connectivity index (χ0n) is 20.7. The van der Waals surface area contributed by atoms with Gasteiger partial charge >= 0.3 is 17.9 Å². The van der Waals surface area contributed by atoms with Crippen LogP contribution in [0.15, 0.2) is 47.6 Å². The van der Waals surface area contributed by atoms with Crippen LogP contribution in [0.4, 0.5) is 0 Å². The summed E-state index contributed by atoms with van der Waals surface area (Å²) in [6.07, 6.45) is 0.185. The summed E-state index contributed by atoms with van der Waals surface area (Å²) >= 11 is 0. The Morgan fingerprint density at radius 1 is 1.35 bits per heavy atom.